The molecule has 0 heterocycles. The van der Waals surface area contributed by atoms with Gasteiger partial charge >= 0.3 is 0 Å². The lowest BCUT2D eigenvalue weighted by molar-refractivity contribution is 0.109. The molecule has 1 N–H and O–H groups in total. The number of hydrogen-bond donors (Lipinski definition) is 1. The molecule has 4 heteroatoms. The molecular formula is C15H24BrNO2. The standard InChI is InChI=1S/C15H24BrNO2/c1-4-14(5-2)17(8-9-19-3)11-12-10-13(16)6-7-15(12)18/h6-7,10,14,18H,4-5,8-9,11H2,1-3H3. The van der Waals surface area contributed by atoms with E-state index >= 15 is 0 Å². The second-order valence-electron chi connectivity index (χ2n) is 4.71. The van der Waals surface area contributed by atoms with E-state index in [-0.39, 0.29) is 0 Å². The van der Waals surface area contributed by atoms with Crippen LogP contribution in [0.1, 0.15) is 32.3 Å². The van der Waals surface area contributed by atoms with Gasteiger partial charge in [0.25, 0.3) is 0 Å². The smallest absolute Gasteiger partial charge is 0.120 e. The second kappa shape index (κ2) is 8.56. The summed E-state index contributed by atoms with van der Waals surface area (Å²) in [5.41, 5.74) is 0.956. The van der Waals surface area contributed by atoms with E-state index < -0.39 is 0 Å². The third-order valence-electron chi connectivity index (χ3n) is 3.46. The molecule has 0 saturated heterocycles. The highest BCUT2D eigenvalue weighted by molar-refractivity contribution is 9.10. The minimum atomic E-state index is 0.358. The normalized spacial score (nSPS) is 11.5. The molecule has 0 radical (unpaired) electrons. The monoisotopic (exact) mass is 329 g/mol. The number of aromatic hydroxyl groups is 1. The molecule has 0 aliphatic carbocycles. The van der Waals surface area contributed by atoms with Crippen molar-refractivity contribution < 1.29 is 9.84 Å². The van der Waals surface area contributed by atoms with Gasteiger partial charge in [-0.2, -0.15) is 0 Å². The van der Waals surface area contributed by atoms with Crippen LogP contribution in [0.4, 0.5) is 0 Å². The van der Waals surface area contributed by atoms with Gasteiger partial charge in [-0.1, -0.05) is 29.8 Å². The van der Waals surface area contributed by atoms with Crippen molar-refractivity contribution in [3.8, 4) is 5.75 Å². The van der Waals surface area contributed by atoms with Gasteiger partial charge in [-0.15, -0.1) is 0 Å². The predicted octanol–water partition coefficient (Wildman–Crippen LogP) is 3.79. The first-order chi connectivity index (χ1) is 9.12. The van der Waals surface area contributed by atoms with Crippen LogP contribution in [0.2, 0.25) is 0 Å². The lowest BCUT2D eigenvalue weighted by Gasteiger charge is -2.30. The van der Waals surface area contributed by atoms with Crippen molar-refractivity contribution in [3.63, 3.8) is 0 Å². The zero-order chi connectivity index (χ0) is 14.3. The van der Waals surface area contributed by atoms with Crippen molar-refractivity contribution in [2.24, 2.45) is 0 Å². The van der Waals surface area contributed by atoms with Crippen LogP contribution in [-0.2, 0) is 11.3 Å². The van der Waals surface area contributed by atoms with Crippen molar-refractivity contribution in [1.29, 1.82) is 0 Å². The zero-order valence-corrected chi connectivity index (χ0v) is 13.6. The topological polar surface area (TPSA) is 32.7 Å². The van der Waals surface area contributed by atoms with Gasteiger partial charge in [-0.25, -0.2) is 0 Å². The van der Waals surface area contributed by atoms with Crippen molar-refractivity contribution in [2.75, 3.05) is 20.3 Å². The van der Waals surface area contributed by atoms with Crippen molar-refractivity contribution in [2.45, 2.75) is 39.3 Å². The van der Waals surface area contributed by atoms with E-state index in [0.29, 0.717) is 18.4 Å². The summed E-state index contributed by atoms with van der Waals surface area (Å²) in [4.78, 5) is 2.38. The maximum absolute atomic E-state index is 9.96. The summed E-state index contributed by atoms with van der Waals surface area (Å²) in [7, 11) is 1.72. The van der Waals surface area contributed by atoms with E-state index in [4.69, 9.17) is 4.74 Å². The Balaban J connectivity index is 2.83. The van der Waals surface area contributed by atoms with E-state index in [1.54, 1.807) is 13.2 Å². The van der Waals surface area contributed by atoms with Crippen LogP contribution in [0.3, 0.4) is 0 Å². The highest BCUT2D eigenvalue weighted by atomic mass is 79.9. The van der Waals surface area contributed by atoms with Crippen LogP contribution < -0.4 is 0 Å². The fourth-order valence-electron chi connectivity index (χ4n) is 2.30. The molecule has 0 amide bonds. The van der Waals surface area contributed by atoms with Gasteiger partial charge in [0, 0.05) is 36.3 Å². The van der Waals surface area contributed by atoms with Crippen LogP contribution >= 0.6 is 15.9 Å². The lowest BCUT2D eigenvalue weighted by Crippen LogP contribution is -2.36. The molecule has 19 heavy (non-hydrogen) atoms. The fraction of sp³-hybridized carbons (Fsp3) is 0.600. The summed E-state index contributed by atoms with van der Waals surface area (Å²) in [5, 5.41) is 9.96. The first-order valence-electron chi connectivity index (χ1n) is 6.82. The largest absolute Gasteiger partial charge is 0.508 e. The molecule has 3 nitrogen and oxygen atoms in total. The quantitative estimate of drug-likeness (QED) is 0.787. The number of phenolic OH excluding ortho intramolecular Hbond substituents is 1. The number of phenols is 1. The number of nitrogens with zero attached hydrogens (tertiary/aromatic N) is 1. The molecule has 0 atom stereocenters. The van der Waals surface area contributed by atoms with Crippen molar-refractivity contribution in [1.82, 2.24) is 4.90 Å². The van der Waals surface area contributed by atoms with E-state index in [1.165, 1.54) is 0 Å². The van der Waals surface area contributed by atoms with Crippen LogP contribution in [0.15, 0.2) is 22.7 Å². The molecule has 0 aliphatic heterocycles. The summed E-state index contributed by atoms with van der Waals surface area (Å²) in [5.74, 6) is 0.358. The number of methoxy groups -OCH3 is 1. The molecule has 1 aromatic carbocycles. The first-order valence-corrected chi connectivity index (χ1v) is 7.62. The molecule has 0 aromatic heterocycles. The van der Waals surface area contributed by atoms with E-state index in [2.05, 4.69) is 34.7 Å². The number of rotatable bonds is 8. The Bertz CT molecular complexity index is 380. The van der Waals surface area contributed by atoms with Crippen LogP contribution in [-0.4, -0.2) is 36.3 Å². The average molecular weight is 330 g/mol. The maximum atomic E-state index is 9.96. The van der Waals surface area contributed by atoms with Crippen molar-refractivity contribution in [3.05, 3.63) is 28.2 Å². The Morgan fingerprint density at radius 2 is 2.00 bits per heavy atom. The van der Waals surface area contributed by atoms with E-state index in [1.807, 2.05) is 12.1 Å². The summed E-state index contributed by atoms with van der Waals surface area (Å²) >= 11 is 3.46. The molecule has 0 aliphatic rings. The van der Waals surface area contributed by atoms with Crippen LogP contribution in [0.5, 0.6) is 5.75 Å². The second-order valence-corrected chi connectivity index (χ2v) is 5.62. The summed E-state index contributed by atoms with van der Waals surface area (Å²) in [6, 6.07) is 6.10. The lowest BCUT2D eigenvalue weighted by atomic mass is 10.1. The maximum Gasteiger partial charge on any atom is 0.120 e. The van der Waals surface area contributed by atoms with Gasteiger partial charge < -0.3 is 9.84 Å². The van der Waals surface area contributed by atoms with Gasteiger partial charge in [0.15, 0.2) is 0 Å². The molecule has 0 spiro atoms. The summed E-state index contributed by atoms with van der Waals surface area (Å²) < 4.78 is 6.19. The Kier molecular flexibility index (Phi) is 7.42. The van der Waals surface area contributed by atoms with E-state index in [0.717, 1.165) is 36.0 Å². The average Bonchev–Trinajstić information content (AvgIpc) is 2.41. The van der Waals surface area contributed by atoms with Gasteiger partial charge in [0.1, 0.15) is 5.75 Å². The van der Waals surface area contributed by atoms with Gasteiger partial charge in [-0.3, -0.25) is 4.90 Å². The van der Waals surface area contributed by atoms with Crippen molar-refractivity contribution >= 4 is 15.9 Å². The first kappa shape index (κ1) is 16.5. The SMILES string of the molecule is CCC(CC)N(CCOC)Cc1cc(Br)ccc1O. The Hall–Kier alpha value is -0.580. The minimum absolute atomic E-state index is 0.358. The third-order valence-corrected chi connectivity index (χ3v) is 3.95. The van der Waals surface area contributed by atoms with E-state index in [9.17, 15) is 5.11 Å². The highest BCUT2D eigenvalue weighted by Crippen LogP contribution is 2.24. The predicted molar refractivity (Wildman–Crippen MR) is 82.5 cm³/mol. The van der Waals surface area contributed by atoms with Gasteiger partial charge in [-0.05, 0) is 31.0 Å². The highest BCUT2D eigenvalue weighted by Gasteiger charge is 2.16. The number of ether oxygens (including phenoxy) is 1. The Labute approximate surface area is 124 Å². The Morgan fingerprint density at radius 1 is 1.32 bits per heavy atom. The summed E-state index contributed by atoms with van der Waals surface area (Å²) in [6.45, 7) is 6.75. The molecule has 0 bridgehead atoms. The molecule has 1 rings (SSSR count). The number of halogens is 1. The van der Waals surface area contributed by atoms with Gasteiger partial charge in [0.2, 0.25) is 0 Å². The molecule has 108 valence electrons. The van der Waals surface area contributed by atoms with Gasteiger partial charge in [0.05, 0.1) is 6.61 Å². The molecule has 1 aromatic rings. The Morgan fingerprint density at radius 3 is 2.58 bits per heavy atom. The molecular weight excluding hydrogens is 306 g/mol. The minimum Gasteiger partial charge on any atom is -0.508 e. The number of hydrogen-bond acceptors (Lipinski definition) is 3. The third kappa shape index (κ3) is 5.13. The molecule has 0 fully saturated rings. The number of benzene rings is 1. The molecule has 0 saturated carbocycles. The van der Waals surface area contributed by atoms with Crippen LogP contribution in [0.25, 0.3) is 0 Å². The van der Waals surface area contributed by atoms with Crippen LogP contribution in [0, 0.1) is 0 Å². The zero-order valence-electron chi connectivity index (χ0n) is 12.0. The molecule has 0 unspecified atom stereocenters. The summed E-state index contributed by atoms with van der Waals surface area (Å²) in [6.07, 6.45) is 2.21. The fourth-order valence-corrected chi connectivity index (χ4v) is 2.71.